The van der Waals surface area contributed by atoms with E-state index in [1.165, 1.54) is 42.7 Å². The van der Waals surface area contributed by atoms with E-state index in [4.69, 9.17) is 32.9 Å². The quantitative estimate of drug-likeness (QED) is 0.496. The third-order valence-corrected chi connectivity index (χ3v) is 8.65. The fourth-order valence-electron chi connectivity index (χ4n) is 0.922. The highest BCUT2D eigenvalue weighted by atomic mass is 28.5. The molecule has 0 spiro atoms. The lowest BCUT2D eigenvalue weighted by Gasteiger charge is -2.31. The van der Waals surface area contributed by atoms with Crippen LogP contribution in [-0.2, 0) is 32.9 Å². The number of hydrogen-bond acceptors (Lipinski definition) is 9. The maximum atomic E-state index is 9.89. The van der Waals surface area contributed by atoms with Crippen molar-refractivity contribution in [2.45, 2.75) is 0 Å². The molecule has 0 bridgehead atoms. The Morgan fingerprint density at radius 2 is 1.22 bits per heavy atom. The predicted molar refractivity (Wildman–Crippen MR) is 63.7 cm³/mol. The van der Waals surface area contributed by atoms with Gasteiger partial charge in [-0.3, -0.25) is 0 Å². The van der Waals surface area contributed by atoms with Crippen molar-refractivity contribution in [1.82, 2.24) is 0 Å². The lowest BCUT2D eigenvalue weighted by molar-refractivity contribution is -0.0122. The van der Waals surface area contributed by atoms with Crippen molar-refractivity contribution >= 4 is 33.2 Å². The average Bonchev–Trinajstić information content (AvgIpc) is 2.43. The molecule has 0 amide bonds. The molecule has 108 valence electrons. The Labute approximate surface area is 114 Å². The summed E-state index contributed by atoms with van der Waals surface area (Å²) in [5.41, 5.74) is 0. The molecule has 0 atom stereocenters. The van der Waals surface area contributed by atoms with Crippen LogP contribution < -0.4 is 0 Å². The van der Waals surface area contributed by atoms with Crippen molar-refractivity contribution in [3.63, 3.8) is 0 Å². The fraction of sp³-hybridized carbons (Fsp3) is 1.00. The SMILES string of the molecule is C[O][Al]([O]C)[O][Si](OC)(OC)O[Si](O)(OC)OC. The molecule has 0 radical (unpaired) electrons. The minimum Gasteiger partial charge on any atom is -0.457 e. The molecule has 9 nitrogen and oxygen atoms in total. The monoisotopic (exact) mass is 318 g/mol. The van der Waals surface area contributed by atoms with Gasteiger partial charge in [0.1, 0.15) is 0 Å². The van der Waals surface area contributed by atoms with Crippen LogP contribution in [0.5, 0.6) is 0 Å². The van der Waals surface area contributed by atoms with E-state index >= 15 is 0 Å². The van der Waals surface area contributed by atoms with E-state index in [-0.39, 0.29) is 0 Å². The van der Waals surface area contributed by atoms with Crippen LogP contribution in [0.4, 0.5) is 0 Å². The van der Waals surface area contributed by atoms with Gasteiger partial charge in [0, 0.05) is 42.7 Å². The predicted octanol–water partition coefficient (Wildman–Crippen LogP) is -1.25. The zero-order chi connectivity index (χ0) is 14.2. The Kier molecular flexibility index (Phi) is 9.01. The van der Waals surface area contributed by atoms with Crippen molar-refractivity contribution in [1.29, 1.82) is 0 Å². The molecule has 12 heteroatoms. The van der Waals surface area contributed by atoms with Crippen molar-refractivity contribution in [3.8, 4) is 0 Å². The summed E-state index contributed by atoms with van der Waals surface area (Å²) in [6, 6.07) is 0. The van der Waals surface area contributed by atoms with Gasteiger partial charge in [-0.2, -0.15) is 0 Å². The third kappa shape index (κ3) is 5.31. The molecule has 0 unspecified atom stereocenters. The van der Waals surface area contributed by atoms with Crippen LogP contribution in [0.2, 0.25) is 0 Å². The van der Waals surface area contributed by atoms with Gasteiger partial charge >= 0.3 is 33.2 Å². The van der Waals surface area contributed by atoms with E-state index in [2.05, 4.69) is 0 Å². The molecule has 0 saturated heterocycles. The molecule has 18 heavy (non-hydrogen) atoms. The van der Waals surface area contributed by atoms with Crippen molar-refractivity contribution in [3.05, 3.63) is 0 Å². The van der Waals surface area contributed by atoms with E-state index in [1.807, 2.05) is 0 Å². The van der Waals surface area contributed by atoms with Gasteiger partial charge in [0.2, 0.25) is 0 Å². The van der Waals surface area contributed by atoms with Crippen molar-refractivity contribution in [2.24, 2.45) is 0 Å². The van der Waals surface area contributed by atoms with E-state index < -0.39 is 33.2 Å². The summed E-state index contributed by atoms with van der Waals surface area (Å²) in [6.07, 6.45) is 0. The van der Waals surface area contributed by atoms with Crippen LogP contribution in [0.1, 0.15) is 0 Å². The highest BCUT2D eigenvalue weighted by Crippen LogP contribution is 2.17. The van der Waals surface area contributed by atoms with Crippen molar-refractivity contribution < 1.29 is 37.7 Å². The summed E-state index contributed by atoms with van der Waals surface area (Å²) in [5, 5.41) is 0. The first-order valence-corrected chi connectivity index (χ1v) is 9.53. The zero-order valence-electron chi connectivity index (χ0n) is 11.3. The first-order chi connectivity index (χ1) is 8.44. The van der Waals surface area contributed by atoms with Crippen LogP contribution in [0.15, 0.2) is 0 Å². The van der Waals surface area contributed by atoms with E-state index in [1.54, 1.807) is 0 Å². The summed E-state index contributed by atoms with van der Waals surface area (Å²) >= 11 is -2.48. The maximum Gasteiger partial charge on any atom is 0.898 e. The summed E-state index contributed by atoms with van der Waals surface area (Å²) in [6.45, 7) is 0. The Balaban J connectivity index is 4.90. The molecular formula is C6H19AlO9Si2. The standard InChI is InChI=1S/C4H13O7Si2.2CH3O.Al/c1-7-12(5,8-2)11-13(6,9-3)10-4;2*1-2;/h5H,1-4H3;2*1H3;/q3*-1;+3. The lowest BCUT2D eigenvalue weighted by atomic mass is 11.8. The lowest BCUT2D eigenvalue weighted by Crippen LogP contribution is -2.61. The second-order valence-corrected chi connectivity index (χ2v) is 9.78. The second kappa shape index (κ2) is 8.71. The van der Waals surface area contributed by atoms with Crippen LogP contribution in [0, 0.1) is 0 Å². The van der Waals surface area contributed by atoms with E-state index in [9.17, 15) is 4.80 Å². The van der Waals surface area contributed by atoms with Crippen LogP contribution in [0.3, 0.4) is 0 Å². The zero-order valence-corrected chi connectivity index (χ0v) is 14.4. The molecule has 0 rings (SSSR count). The Morgan fingerprint density at radius 3 is 1.50 bits per heavy atom. The Hall–Kier alpha value is 0.606. The normalized spacial score (nSPS) is 12.8. The minimum absolute atomic E-state index is 1.24. The smallest absolute Gasteiger partial charge is 0.457 e. The summed E-state index contributed by atoms with van der Waals surface area (Å²) in [5.74, 6) is 0. The van der Waals surface area contributed by atoms with Gasteiger partial charge in [-0.15, -0.1) is 0 Å². The summed E-state index contributed by atoms with van der Waals surface area (Å²) < 4.78 is 40.3. The largest absolute Gasteiger partial charge is 0.898 e. The fourth-order valence-corrected chi connectivity index (χ4v) is 7.15. The Bertz CT molecular complexity index is 221. The molecule has 0 aromatic rings. The maximum absolute atomic E-state index is 9.89. The molecule has 0 saturated carbocycles. The molecule has 0 aliphatic heterocycles. The molecule has 0 fully saturated rings. The summed E-state index contributed by atoms with van der Waals surface area (Å²) in [7, 11) is 0.414. The number of hydrogen-bond donors (Lipinski definition) is 1. The van der Waals surface area contributed by atoms with Crippen LogP contribution in [0.25, 0.3) is 0 Å². The highest BCUT2D eigenvalue weighted by molar-refractivity contribution is 6.71. The molecule has 0 aliphatic carbocycles. The highest BCUT2D eigenvalue weighted by Gasteiger charge is 2.58. The molecular weight excluding hydrogens is 299 g/mol. The van der Waals surface area contributed by atoms with Gasteiger partial charge in [0.05, 0.1) is 0 Å². The third-order valence-electron chi connectivity index (χ3n) is 1.90. The number of rotatable bonds is 10. The van der Waals surface area contributed by atoms with Gasteiger partial charge in [-0.05, 0) is 0 Å². The summed E-state index contributed by atoms with van der Waals surface area (Å²) in [4.78, 5) is 9.89. The van der Waals surface area contributed by atoms with E-state index in [0.717, 1.165) is 0 Å². The molecule has 1 N–H and O–H groups in total. The average molecular weight is 318 g/mol. The minimum atomic E-state index is -3.87. The first kappa shape index (κ1) is 18.6. The molecule has 0 heterocycles. The second-order valence-electron chi connectivity index (χ2n) is 2.82. The topological polar surface area (TPSA) is 94.1 Å². The van der Waals surface area contributed by atoms with Crippen LogP contribution in [-0.4, -0.2) is 80.7 Å². The van der Waals surface area contributed by atoms with Crippen molar-refractivity contribution in [2.75, 3.05) is 42.7 Å². The van der Waals surface area contributed by atoms with Gasteiger partial charge in [0.15, 0.2) is 0 Å². The molecule has 0 aromatic carbocycles. The van der Waals surface area contributed by atoms with E-state index in [0.29, 0.717) is 0 Å². The van der Waals surface area contributed by atoms with Gasteiger partial charge < -0.3 is 37.7 Å². The van der Waals surface area contributed by atoms with Gasteiger partial charge in [-0.25, -0.2) is 0 Å². The first-order valence-electron chi connectivity index (χ1n) is 4.81. The van der Waals surface area contributed by atoms with Gasteiger partial charge in [0.25, 0.3) is 0 Å². The van der Waals surface area contributed by atoms with Gasteiger partial charge in [-0.1, -0.05) is 0 Å². The Morgan fingerprint density at radius 1 is 0.778 bits per heavy atom. The molecule has 0 aromatic heterocycles. The molecule has 0 aliphatic rings. The van der Waals surface area contributed by atoms with Crippen LogP contribution >= 0.6 is 0 Å².